The highest BCUT2D eigenvalue weighted by Crippen LogP contribution is 2.38. The summed E-state index contributed by atoms with van der Waals surface area (Å²) in [5.41, 5.74) is 1.29. The number of aromatic nitrogens is 1. The third-order valence-corrected chi connectivity index (χ3v) is 6.64. The van der Waals surface area contributed by atoms with Crippen LogP contribution in [0.15, 0.2) is 71.8 Å². The SMILES string of the molecule is COc1cc2nccc(Oc3ccc(NS(=O)(=O)c4ccccc4OC(F)(F)F)cc3C)c2cc1OC. The van der Waals surface area contributed by atoms with E-state index in [2.05, 4.69) is 14.4 Å². The first kappa shape index (κ1) is 25.9. The Balaban J connectivity index is 1.61. The first-order valence-corrected chi connectivity index (χ1v) is 12.2. The molecule has 4 rings (SSSR count). The minimum Gasteiger partial charge on any atom is -0.493 e. The molecule has 0 aliphatic carbocycles. The maximum Gasteiger partial charge on any atom is 0.573 e. The van der Waals surface area contributed by atoms with E-state index < -0.39 is 27.0 Å². The Kier molecular flexibility index (Phi) is 7.03. The Morgan fingerprint density at radius 1 is 0.838 bits per heavy atom. The number of hydrogen-bond acceptors (Lipinski definition) is 7. The maximum absolute atomic E-state index is 12.8. The van der Waals surface area contributed by atoms with E-state index in [0.29, 0.717) is 39.5 Å². The fourth-order valence-corrected chi connectivity index (χ4v) is 4.75. The highest BCUT2D eigenvalue weighted by atomic mass is 32.2. The van der Waals surface area contributed by atoms with Gasteiger partial charge in [-0.05, 0) is 55.0 Å². The summed E-state index contributed by atoms with van der Waals surface area (Å²) in [4.78, 5) is 3.67. The molecule has 1 aromatic heterocycles. The van der Waals surface area contributed by atoms with Gasteiger partial charge in [-0.3, -0.25) is 9.71 Å². The summed E-state index contributed by atoms with van der Waals surface area (Å²) >= 11 is 0. The van der Waals surface area contributed by atoms with E-state index in [9.17, 15) is 21.6 Å². The Bertz CT molecular complexity index is 1560. The zero-order valence-electron chi connectivity index (χ0n) is 19.8. The summed E-state index contributed by atoms with van der Waals surface area (Å²) in [6, 6.07) is 14.1. The number of aryl methyl sites for hydroxylation is 1. The van der Waals surface area contributed by atoms with Crippen molar-refractivity contribution in [3.8, 4) is 28.7 Å². The molecule has 0 spiro atoms. The second kappa shape index (κ2) is 10.1. The van der Waals surface area contributed by atoms with Crippen LogP contribution >= 0.6 is 0 Å². The molecular weight excluding hydrogens is 513 g/mol. The number of alkyl halides is 3. The number of anilines is 1. The summed E-state index contributed by atoms with van der Waals surface area (Å²) in [5.74, 6) is 1.06. The molecule has 0 aliphatic heterocycles. The average Bonchev–Trinajstić information content (AvgIpc) is 2.84. The molecule has 1 N–H and O–H groups in total. The number of hydrogen-bond donors (Lipinski definition) is 1. The van der Waals surface area contributed by atoms with Gasteiger partial charge in [0.05, 0.1) is 19.7 Å². The number of pyridine rings is 1. The van der Waals surface area contributed by atoms with E-state index in [4.69, 9.17) is 14.2 Å². The van der Waals surface area contributed by atoms with Crippen molar-refractivity contribution in [2.75, 3.05) is 18.9 Å². The molecule has 0 bridgehead atoms. The number of fused-ring (bicyclic) bond motifs is 1. The number of para-hydroxylation sites is 1. The molecule has 8 nitrogen and oxygen atoms in total. The van der Waals surface area contributed by atoms with E-state index in [-0.39, 0.29) is 5.69 Å². The quantitative estimate of drug-likeness (QED) is 0.294. The largest absolute Gasteiger partial charge is 0.573 e. The van der Waals surface area contributed by atoms with Gasteiger partial charge in [-0.25, -0.2) is 8.42 Å². The maximum atomic E-state index is 12.8. The van der Waals surface area contributed by atoms with Gasteiger partial charge in [0.1, 0.15) is 22.1 Å². The molecule has 0 saturated heterocycles. The molecule has 0 amide bonds. The van der Waals surface area contributed by atoms with Gasteiger partial charge in [0.2, 0.25) is 0 Å². The Morgan fingerprint density at radius 2 is 1.54 bits per heavy atom. The van der Waals surface area contributed by atoms with E-state index in [1.54, 1.807) is 37.4 Å². The summed E-state index contributed by atoms with van der Waals surface area (Å²) in [5, 5.41) is 0.658. The van der Waals surface area contributed by atoms with Crippen LogP contribution in [0.5, 0.6) is 28.7 Å². The van der Waals surface area contributed by atoms with Crippen LogP contribution in [0.4, 0.5) is 18.9 Å². The second-order valence-electron chi connectivity index (χ2n) is 7.72. The van der Waals surface area contributed by atoms with Crippen LogP contribution in [0.2, 0.25) is 0 Å². The zero-order chi connectivity index (χ0) is 26.8. The van der Waals surface area contributed by atoms with Gasteiger partial charge in [0, 0.05) is 23.3 Å². The van der Waals surface area contributed by atoms with Crippen molar-refractivity contribution in [3.05, 3.63) is 72.4 Å². The molecule has 0 fully saturated rings. The highest BCUT2D eigenvalue weighted by Gasteiger charge is 2.34. The number of nitrogens with zero attached hydrogens (tertiary/aromatic N) is 1. The lowest BCUT2D eigenvalue weighted by Gasteiger charge is -2.16. The molecule has 0 aliphatic rings. The van der Waals surface area contributed by atoms with Crippen molar-refractivity contribution in [1.82, 2.24) is 4.98 Å². The van der Waals surface area contributed by atoms with E-state index in [0.717, 1.165) is 12.1 Å². The number of methoxy groups -OCH3 is 2. The van der Waals surface area contributed by atoms with E-state index >= 15 is 0 Å². The fraction of sp³-hybridized carbons (Fsp3) is 0.160. The van der Waals surface area contributed by atoms with Crippen LogP contribution in [0.25, 0.3) is 10.9 Å². The van der Waals surface area contributed by atoms with Crippen molar-refractivity contribution < 1.29 is 40.5 Å². The van der Waals surface area contributed by atoms with Crippen LogP contribution in [0, 0.1) is 6.92 Å². The lowest BCUT2D eigenvalue weighted by atomic mass is 10.1. The molecule has 12 heteroatoms. The number of halogens is 3. The topological polar surface area (TPSA) is 96.0 Å². The molecule has 4 aromatic rings. The van der Waals surface area contributed by atoms with E-state index in [1.807, 2.05) is 0 Å². The molecule has 37 heavy (non-hydrogen) atoms. The van der Waals surface area contributed by atoms with Gasteiger partial charge in [-0.1, -0.05) is 12.1 Å². The first-order valence-electron chi connectivity index (χ1n) is 10.7. The van der Waals surface area contributed by atoms with Crippen LogP contribution in [-0.2, 0) is 10.0 Å². The first-order chi connectivity index (χ1) is 17.5. The second-order valence-corrected chi connectivity index (χ2v) is 9.37. The Hall–Kier alpha value is -4.19. The summed E-state index contributed by atoms with van der Waals surface area (Å²) in [6.07, 6.45) is -3.48. The number of ether oxygens (including phenoxy) is 4. The van der Waals surface area contributed by atoms with Gasteiger partial charge >= 0.3 is 6.36 Å². The molecule has 0 atom stereocenters. The predicted molar refractivity (Wildman–Crippen MR) is 130 cm³/mol. The minimum absolute atomic E-state index is 0.123. The van der Waals surface area contributed by atoms with Crippen LogP contribution in [0.1, 0.15) is 5.56 Å². The molecule has 194 valence electrons. The lowest BCUT2D eigenvalue weighted by molar-refractivity contribution is -0.275. The zero-order valence-corrected chi connectivity index (χ0v) is 20.6. The fourth-order valence-electron chi connectivity index (χ4n) is 3.57. The van der Waals surface area contributed by atoms with Gasteiger partial charge in [-0.15, -0.1) is 13.2 Å². The molecule has 0 radical (unpaired) electrons. The summed E-state index contributed by atoms with van der Waals surface area (Å²) in [7, 11) is -1.37. The smallest absolute Gasteiger partial charge is 0.493 e. The van der Waals surface area contributed by atoms with Gasteiger partial charge in [-0.2, -0.15) is 0 Å². The summed E-state index contributed by atoms with van der Waals surface area (Å²) < 4.78 is 86.7. The Morgan fingerprint density at radius 3 is 2.22 bits per heavy atom. The minimum atomic E-state index is -5.05. The number of sulfonamides is 1. The lowest BCUT2D eigenvalue weighted by Crippen LogP contribution is -2.20. The molecule has 0 saturated carbocycles. The van der Waals surface area contributed by atoms with Crippen LogP contribution < -0.4 is 23.7 Å². The van der Waals surface area contributed by atoms with Gasteiger partial charge < -0.3 is 18.9 Å². The van der Waals surface area contributed by atoms with Gasteiger partial charge in [0.25, 0.3) is 10.0 Å². The number of nitrogens with one attached hydrogen (secondary N) is 1. The average molecular weight is 535 g/mol. The van der Waals surface area contributed by atoms with Crippen molar-refractivity contribution in [3.63, 3.8) is 0 Å². The standard InChI is InChI=1S/C25H21F3N2O6S/c1-15-12-16(30-37(31,32)24-7-5-4-6-21(24)36-25(26,27)28)8-9-19(15)35-20-10-11-29-18-14-23(34-3)22(33-2)13-17(18)20/h4-14,30H,1-3H3. The molecule has 0 unspecified atom stereocenters. The van der Waals surface area contributed by atoms with Gasteiger partial charge in [0.15, 0.2) is 11.5 Å². The van der Waals surface area contributed by atoms with Crippen LogP contribution in [-0.4, -0.2) is 34.0 Å². The predicted octanol–water partition coefficient (Wildman–Crippen LogP) is 6.05. The third-order valence-electron chi connectivity index (χ3n) is 5.22. The third kappa shape index (κ3) is 5.80. The van der Waals surface area contributed by atoms with Crippen molar-refractivity contribution in [2.45, 2.75) is 18.2 Å². The van der Waals surface area contributed by atoms with E-state index in [1.165, 1.54) is 38.5 Å². The van der Waals surface area contributed by atoms with Crippen molar-refractivity contribution in [2.24, 2.45) is 0 Å². The molecule has 3 aromatic carbocycles. The molecule has 1 heterocycles. The summed E-state index contributed by atoms with van der Waals surface area (Å²) in [6.45, 7) is 1.70. The molecular formula is C25H21F3N2O6S. The van der Waals surface area contributed by atoms with Crippen molar-refractivity contribution in [1.29, 1.82) is 0 Å². The highest BCUT2D eigenvalue weighted by molar-refractivity contribution is 7.92. The van der Waals surface area contributed by atoms with Crippen molar-refractivity contribution >= 4 is 26.6 Å². The number of rotatable bonds is 8. The Labute approximate surface area is 210 Å². The van der Waals surface area contributed by atoms with Crippen LogP contribution in [0.3, 0.4) is 0 Å². The monoisotopic (exact) mass is 534 g/mol. The number of benzene rings is 3. The normalized spacial score (nSPS) is 11.7.